The van der Waals surface area contributed by atoms with E-state index in [-0.39, 0.29) is 10.7 Å². The van der Waals surface area contributed by atoms with Gasteiger partial charge in [0.05, 0.1) is 4.92 Å². The number of halogens is 1. The zero-order chi connectivity index (χ0) is 14.7. The lowest BCUT2D eigenvalue weighted by Gasteiger charge is -2.05. The molecule has 2 rings (SSSR count). The van der Waals surface area contributed by atoms with E-state index in [0.29, 0.717) is 5.82 Å². The van der Waals surface area contributed by atoms with Gasteiger partial charge in [-0.25, -0.2) is 9.97 Å². The molecule has 0 radical (unpaired) electrons. The standard InChI is InChI=1S/C12H9ClN4O3/c1-7-2-3-14-11(4-7)16-12(18)8-5-10(13)15-6-9(8)17(19)20/h2-6H,1H3,(H,14,16,18). The maximum absolute atomic E-state index is 12.1. The number of aromatic nitrogens is 2. The molecule has 20 heavy (non-hydrogen) atoms. The SMILES string of the molecule is Cc1ccnc(NC(=O)c2cc(Cl)ncc2[N+](=O)[O-])c1. The highest BCUT2D eigenvalue weighted by molar-refractivity contribution is 6.30. The van der Waals surface area contributed by atoms with Crippen molar-refractivity contribution >= 4 is 29.0 Å². The molecule has 1 amide bonds. The fraction of sp³-hybridized carbons (Fsp3) is 0.0833. The molecule has 7 nitrogen and oxygen atoms in total. The van der Waals surface area contributed by atoms with Gasteiger partial charge in [0.25, 0.3) is 11.6 Å². The van der Waals surface area contributed by atoms with Crippen LogP contribution in [0.1, 0.15) is 15.9 Å². The lowest BCUT2D eigenvalue weighted by atomic mass is 10.2. The molecule has 0 aromatic carbocycles. The van der Waals surface area contributed by atoms with Crippen LogP contribution in [0.5, 0.6) is 0 Å². The van der Waals surface area contributed by atoms with Gasteiger partial charge in [-0.15, -0.1) is 0 Å². The Morgan fingerprint density at radius 1 is 1.40 bits per heavy atom. The van der Waals surface area contributed by atoms with Crippen molar-refractivity contribution in [2.45, 2.75) is 6.92 Å². The summed E-state index contributed by atoms with van der Waals surface area (Å²) in [6.07, 6.45) is 2.47. The molecule has 0 unspecified atom stereocenters. The van der Waals surface area contributed by atoms with Crippen molar-refractivity contribution in [3.63, 3.8) is 0 Å². The van der Waals surface area contributed by atoms with Crippen molar-refractivity contribution < 1.29 is 9.72 Å². The molecule has 8 heteroatoms. The monoisotopic (exact) mass is 292 g/mol. The number of hydrogen-bond donors (Lipinski definition) is 1. The molecule has 102 valence electrons. The number of amides is 1. The summed E-state index contributed by atoms with van der Waals surface area (Å²) in [5, 5.41) is 13.3. The summed E-state index contributed by atoms with van der Waals surface area (Å²) in [5.74, 6) is -0.365. The molecule has 0 aliphatic heterocycles. The number of rotatable bonds is 3. The van der Waals surface area contributed by atoms with Gasteiger partial charge in [0, 0.05) is 6.20 Å². The average Bonchev–Trinajstić information content (AvgIpc) is 2.38. The van der Waals surface area contributed by atoms with E-state index in [1.807, 2.05) is 6.92 Å². The van der Waals surface area contributed by atoms with Crippen LogP contribution in [0, 0.1) is 17.0 Å². The molecule has 0 bridgehead atoms. The van der Waals surface area contributed by atoms with Gasteiger partial charge in [0.2, 0.25) is 0 Å². The Morgan fingerprint density at radius 2 is 2.15 bits per heavy atom. The number of hydrogen-bond acceptors (Lipinski definition) is 5. The predicted molar refractivity (Wildman–Crippen MR) is 72.8 cm³/mol. The summed E-state index contributed by atoms with van der Waals surface area (Å²) in [6.45, 7) is 1.84. The minimum Gasteiger partial charge on any atom is -0.306 e. The van der Waals surface area contributed by atoms with Crippen molar-refractivity contribution in [1.29, 1.82) is 0 Å². The fourth-order valence-electron chi connectivity index (χ4n) is 1.54. The third kappa shape index (κ3) is 3.07. The number of pyridine rings is 2. The lowest BCUT2D eigenvalue weighted by molar-refractivity contribution is -0.385. The molecule has 0 atom stereocenters. The van der Waals surface area contributed by atoms with Crippen molar-refractivity contribution in [3.05, 3.63) is 57.0 Å². The van der Waals surface area contributed by atoms with E-state index >= 15 is 0 Å². The Kier molecular flexibility index (Phi) is 3.90. The maximum atomic E-state index is 12.1. The number of carbonyl (C=O) groups excluding carboxylic acids is 1. The van der Waals surface area contributed by atoms with Crippen LogP contribution in [0.2, 0.25) is 5.15 Å². The van der Waals surface area contributed by atoms with Crippen molar-refractivity contribution in [2.75, 3.05) is 5.32 Å². The molecular weight excluding hydrogens is 284 g/mol. The molecule has 2 aromatic heterocycles. The van der Waals surface area contributed by atoms with E-state index in [0.717, 1.165) is 17.8 Å². The third-order valence-electron chi connectivity index (χ3n) is 2.45. The number of nitrogens with one attached hydrogen (secondary N) is 1. The van der Waals surface area contributed by atoms with E-state index in [9.17, 15) is 14.9 Å². The largest absolute Gasteiger partial charge is 0.306 e. The van der Waals surface area contributed by atoms with Gasteiger partial charge >= 0.3 is 0 Å². The predicted octanol–water partition coefficient (Wildman–Crippen LogP) is 2.60. The normalized spacial score (nSPS) is 10.1. The summed E-state index contributed by atoms with van der Waals surface area (Å²) in [4.78, 5) is 29.8. The number of nitrogens with zero attached hydrogens (tertiary/aromatic N) is 3. The summed E-state index contributed by atoms with van der Waals surface area (Å²) in [7, 11) is 0. The van der Waals surface area contributed by atoms with Crippen LogP contribution >= 0.6 is 11.6 Å². The van der Waals surface area contributed by atoms with E-state index < -0.39 is 16.5 Å². The van der Waals surface area contributed by atoms with Crippen LogP contribution in [0.15, 0.2) is 30.6 Å². The Bertz CT molecular complexity index is 690. The van der Waals surface area contributed by atoms with Crippen LogP contribution in [0.25, 0.3) is 0 Å². The summed E-state index contributed by atoms with van der Waals surface area (Å²) in [5.41, 5.74) is 0.315. The van der Waals surface area contributed by atoms with E-state index in [2.05, 4.69) is 15.3 Å². The quantitative estimate of drug-likeness (QED) is 0.532. The second-order valence-corrected chi connectivity index (χ2v) is 4.34. The highest BCUT2D eigenvalue weighted by Gasteiger charge is 2.21. The smallest absolute Gasteiger partial charge is 0.300 e. The number of carbonyl (C=O) groups is 1. The first-order chi connectivity index (χ1) is 9.47. The third-order valence-corrected chi connectivity index (χ3v) is 2.65. The first-order valence-corrected chi connectivity index (χ1v) is 5.89. The molecule has 0 fully saturated rings. The fourth-order valence-corrected chi connectivity index (χ4v) is 1.70. The van der Waals surface area contributed by atoms with Gasteiger partial charge in [0.1, 0.15) is 22.7 Å². The highest BCUT2D eigenvalue weighted by Crippen LogP contribution is 2.21. The molecule has 2 heterocycles. The summed E-state index contributed by atoms with van der Waals surface area (Å²) >= 11 is 5.66. The molecule has 0 aliphatic carbocycles. The van der Waals surface area contributed by atoms with Gasteiger partial charge in [-0.2, -0.15) is 0 Å². The van der Waals surface area contributed by atoms with Gasteiger partial charge in [-0.3, -0.25) is 14.9 Å². The van der Waals surface area contributed by atoms with Gasteiger partial charge in [-0.1, -0.05) is 11.6 Å². The van der Waals surface area contributed by atoms with Crippen LogP contribution in [-0.2, 0) is 0 Å². The zero-order valence-corrected chi connectivity index (χ0v) is 11.1. The molecule has 0 spiro atoms. The van der Waals surface area contributed by atoms with Gasteiger partial charge in [0.15, 0.2) is 0 Å². The lowest BCUT2D eigenvalue weighted by Crippen LogP contribution is -2.15. The van der Waals surface area contributed by atoms with Gasteiger partial charge < -0.3 is 5.32 Å². The Hall–Kier alpha value is -2.54. The van der Waals surface area contributed by atoms with Crippen LogP contribution < -0.4 is 5.32 Å². The zero-order valence-electron chi connectivity index (χ0n) is 10.3. The summed E-state index contributed by atoms with van der Waals surface area (Å²) in [6, 6.07) is 4.55. The van der Waals surface area contributed by atoms with Crippen molar-refractivity contribution in [1.82, 2.24) is 9.97 Å². The Labute approximate surface area is 118 Å². The highest BCUT2D eigenvalue weighted by atomic mass is 35.5. The number of anilines is 1. The first kappa shape index (κ1) is 13.9. The number of nitro groups is 1. The van der Waals surface area contributed by atoms with E-state index in [1.54, 1.807) is 12.1 Å². The summed E-state index contributed by atoms with van der Waals surface area (Å²) < 4.78 is 0. The Balaban J connectivity index is 2.34. The second kappa shape index (κ2) is 5.62. The van der Waals surface area contributed by atoms with Crippen LogP contribution in [0.4, 0.5) is 11.5 Å². The van der Waals surface area contributed by atoms with Crippen molar-refractivity contribution in [2.24, 2.45) is 0 Å². The van der Waals surface area contributed by atoms with Crippen molar-refractivity contribution in [3.8, 4) is 0 Å². The van der Waals surface area contributed by atoms with E-state index in [1.165, 1.54) is 6.20 Å². The first-order valence-electron chi connectivity index (χ1n) is 5.51. The molecule has 0 saturated heterocycles. The Morgan fingerprint density at radius 3 is 2.80 bits per heavy atom. The minimum absolute atomic E-state index is 0.00190. The molecular formula is C12H9ClN4O3. The van der Waals surface area contributed by atoms with Crippen LogP contribution in [-0.4, -0.2) is 20.8 Å². The molecule has 2 aromatic rings. The average molecular weight is 293 g/mol. The van der Waals surface area contributed by atoms with E-state index in [4.69, 9.17) is 11.6 Å². The maximum Gasteiger partial charge on any atom is 0.300 e. The molecule has 1 N–H and O–H groups in total. The topological polar surface area (TPSA) is 98.0 Å². The minimum atomic E-state index is -0.693. The van der Waals surface area contributed by atoms with Gasteiger partial charge in [-0.05, 0) is 30.7 Å². The second-order valence-electron chi connectivity index (χ2n) is 3.95. The molecule has 0 saturated carbocycles. The molecule has 0 aliphatic rings. The van der Waals surface area contributed by atoms with Crippen LogP contribution in [0.3, 0.4) is 0 Å². The number of aryl methyl sites for hydroxylation is 1.